The Kier molecular flexibility index (Phi) is 6.09. The number of nitrogens with one attached hydrogen (secondary N) is 2. The number of hydrogen-bond donors (Lipinski definition) is 2. The lowest BCUT2D eigenvalue weighted by molar-refractivity contribution is 0.405. The van der Waals surface area contributed by atoms with E-state index in [1.165, 1.54) is 0 Å². The van der Waals surface area contributed by atoms with Gasteiger partial charge in [-0.05, 0) is 42.0 Å². The summed E-state index contributed by atoms with van der Waals surface area (Å²) in [5.41, 5.74) is 3.06. The van der Waals surface area contributed by atoms with Crippen LogP contribution < -0.4 is 20.1 Å². The molecule has 0 aliphatic carbocycles. The van der Waals surface area contributed by atoms with Gasteiger partial charge >= 0.3 is 0 Å². The predicted molar refractivity (Wildman–Crippen MR) is 112 cm³/mol. The van der Waals surface area contributed by atoms with Gasteiger partial charge in [0.15, 0.2) is 5.11 Å². The molecule has 1 heterocycles. The quantitative estimate of drug-likeness (QED) is 0.619. The van der Waals surface area contributed by atoms with Crippen LogP contribution in [0.3, 0.4) is 0 Å². The molecule has 0 saturated carbocycles. The Morgan fingerprint density at radius 2 is 2.04 bits per heavy atom. The Balaban J connectivity index is 1.65. The van der Waals surface area contributed by atoms with Gasteiger partial charge in [0.05, 0.1) is 50.0 Å². The van der Waals surface area contributed by atoms with Crippen molar-refractivity contribution in [3.63, 3.8) is 0 Å². The smallest absolute Gasteiger partial charge is 0.175 e. The summed E-state index contributed by atoms with van der Waals surface area (Å²) in [5.74, 6) is 1.34. The van der Waals surface area contributed by atoms with Crippen LogP contribution >= 0.6 is 12.2 Å². The van der Waals surface area contributed by atoms with Gasteiger partial charge in [-0.3, -0.25) is 4.68 Å². The topological polar surface area (TPSA) is 84.1 Å². The molecular weight excluding hydrogens is 374 g/mol. The standard InChI is InChI=1S/C20H19N5O2S/c1-26-17-6-7-19(27-2)18(9-17)24-20(28)23-16-11-22-25(13-16)12-15-5-3-4-14(8-15)10-21/h3-9,11,13H,12H2,1-2H3,(H2,23,24,28). The van der Waals surface area contributed by atoms with Crippen molar-refractivity contribution in [1.82, 2.24) is 9.78 Å². The van der Waals surface area contributed by atoms with Crippen LogP contribution in [0, 0.1) is 11.3 Å². The Bertz CT molecular complexity index is 1030. The normalized spacial score (nSPS) is 10.0. The third-order valence-electron chi connectivity index (χ3n) is 3.95. The van der Waals surface area contributed by atoms with Gasteiger partial charge in [-0.25, -0.2) is 0 Å². The highest BCUT2D eigenvalue weighted by atomic mass is 32.1. The summed E-state index contributed by atoms with van der Waals surface area (Å²) in [6.07, 6.45) is 3.53. The summed E-state index contributed by atoms with van der Waals surface area (Å²) in [6, 6.07) is 15.0. The van der Waals surface area contributed by atoms with Crippen LogP contribution in [0.25, 0.3) is 0 Å². The van der Waals surface area contributed by atoms with Gasteiger partial charge < -0.3 is 20.1 Å². The monoisotopic (exact) mass is 393 g/mol. The van der Waals surface area contributed by atoms with Gasteiger partial charge in [-0.1, -0.05) is 12.1 Å². The number of anilines is 2. The average molecular weight is 393 g/mol. The molecule has 1 aromatic heterocycles. The van der Waals surface area contributed by atoms with Crippen LogP contribution in [0.1, 0.15) is 11.1 Å². The largest absolute Gasteiger partial charge is 0.497 e. The molecule has 8 heteroatoms. The number of nitrogens with zero attached hydrogens (tertiary/aromatic N) is 3. The van der Waals surface area contributed by atoms with E-state index in [0.29, 0.717) is 34.4 Å². The number of thiocarbonyl (C=S) groups is 1. The van der Waals surface area contributed by atoms with Gasteiger partial charge in [0.25, 0.3) is 0 Å². The maximum absolute atomic E-state index is 9.00. The molecule has 7 nitrogen and oxygen atoms in total. The first kappa shape index (κ1) is 19.2. The van der Waals surface area contributed by atoms with Gasteiger partial charge in [0.2, 0.25) is 0 Å². The number of rotatable bonds is 6. The highest BCUT2D eigenvalue weighted by Crippen LogP contribution is 2.29. The van der Waals surface area contributed by atoms with Crippen molar-refractivity contribution in [3.05, 3.63) is 66.0 Å². The lowest BCUT2D eigenvalue weighted by Crippen LogP contribution is -2.19. The number of methoxy groups -OCH3 is 2. The SMILES string of the molecule is COc1ccc(OC)c(NC(=S)Nc2cnn(Cc3cccc(C#N)c3)c2)c1. The molecule has 142 valence electrons. The zero-order valence-corrected chi connectivity index (χ0v) is 16.3. The Labute approximate surface area is 168 Å². The van der Waals surface area contributed by atoms with Crippen LogP contribution in [0.15, 0.2) is 54.9 Å². The Morgan fingerprint density at radius 3 is 2.79 bits per heavy atom. The summed E-state index contributed by atoms with van der Waals surface area (Å²) in [7, 11) is 3.19. The summed E-state index contributed by atoms with van der Waals surface area (Å²) in [5, 5.41) is 19.9. The molecule has 0 saturated heterocycles. The van der Waals surface area contributed by atoms with Crippen molar-refractivity contribution >= 4 is 28.7 Å². The first-order valence-corrected chi connectivity index (χ1v) is 8.83. The fraction of sp³-hybridized carbons (Fsp3) is 0.150. The van der Waals surface area contributed by atoms with E-state index >= 15 is 0 Å². The lowest BCUT2D eigenvalue weighted by atomic mass is 10.1. The van der Waals surface area contributed by atoms with Gasteiger partial charge in [-0.2, -0.15) is 10.4 Å². The van der Waals surface area contributed by atoms with Crippen molar-refractivity contribution in [3.8, 4) is 17.6 Å². The van der Waals surface area contributed by atoms with Crippen molar-refractivity contribution < 1.29 is 9.47 Å². The van der Waals surface area contributed by atoms with Crippen molar-refractivity contribution in [2.45, 2.75) is 6.54 Å². The fourth-order valence-corrected chi connectivity index (χ4v) is 2.87. The van der Waals surface area contributed by atoms with E-state index in [9.17, 15) is 0 Å². The maximum Gasteiger partial charge on any atom is 0.175 e. The lowest BCUT2D eigenvalue weighted by Gasteiger charge is -2.13. The second kappa shape index (κ2) is 8.88. The van der Waals surface area contributed by atoms with E-state index in [2.05, 4.69) is 21.8 Å². The molecule has 0 amide bonds. The van der Waals surface area contributed by atoms with Crippen LogP contribution in [0.5, 0.6) is 11.5 Å². The number of benzene rings is 2. The Hall–Kier alpha value is -3.57. The van der Waals surface area contributed by atoms with E-state index in [4.69, 9.17) is 27.0 Å². The van der Waals surface area contributed by atoms with Crippen molar-refractivity contribution in [1.29, 1.82) is 5.26 Å². The molecule has 3 aromatic rings. The molecule has 2 N–H and O–H groups in total. The third kappa shape index (κ3) is 4.78. The average Bonchev–Trinajstić information content (AvgIpc) is 3.14. The summed E-state index contributed by atoms with van der Waals surface area (Å²) < 4.78 is 12.3. The minimum Gasteiger partial charge on any atom is -0.497 e. The molecule has 0 radical (unpaired) electrons. The summed E-state index contributed by atoms with van der Waals surface area (Å²) in [6.45, 7) is 0.557. The molecule has 0 bridgehead atoms. The number of aromatic nitrogens is 2. The van der Waals surface area contributed by atoms with E-state index in [1.807, 2.05) is 30.5 Å². The minimum absolute atomic E-state index is 0.401. The van der Waals surface area contributed by atoms with E-state index in [-0.39, 0.29) is 0 Å². The van der Waals surface area contributed by atoms with Crippen LogP contribution in [-0.4, -0.2) is 29.1 Å². The third-order valence-corrected chi connectivity index (χ3v) is 4.15. The highest BCUT2D eigenvalue weighted by Gasteiger charge is 2.08. The van der Waals surface area contributed by atoms with Crippen molar-refractivity contribution in [2.24, 2.45) is 0 Å². The van der Waals surface area contributed by atoms with Crippen LogP contribution in [0.4, 0.5) is 11.4 Å². The first-order chi connectivity index (χ1) is 13.6. The molecule has 0 fully saturated rings. The molecular formula is C20H19N5O2S. The maximum atomic E-state index is 9.00. The molecule has 0 spiro atoms. The second-order valence-corrected chi connectivity index (χ2v) is 6.29. The van der Waals surface area contributed by atoms with Gasteiger partial charge in [0.1, 0.15) is 11.5 Å². The predicted octanol–water partition coefficient (Wildman–Crippen LogP) is 3.63. The molecule has 0 atom stereocenters. The molecule has 0 aliphatic heterocycles. The zero-order chi connectivity index (χ0) is 19.9. The number of nitriles is 1. The second-order valence-electron chi connectivity index (χ2n) is 5.88. The number of hydrogen-bond acceptors (Lipinski definition) is 5. The van der Waals surface area contributed by atoms with Gasteiger partial charge in [0, 0.05) is 12.3 Å². The van der Waals surface area contributed by atoms with Crippen molar-refractivity contribution in [2.75, 3.05) is 24.9 Å². The van der Waals surface area contributed by atoms with Crippen LogP contribution in [-0.2, 0) is 6.54 Å². The number of ether oxygens (including phenoxy) is 2. The minimum atomic E-state index is 0.401. The highest BCUT2D eigenvalue weighted by molar-refractivity contribution is 7.80. The molecule has 28 heavy (non-hydrogen) atoms. The van der Waals surface area contributed by atoms with Gasteiger partial charge in [-0.15, -0.1) is 0 Å². The van der Waals surface area contributed by atoms with E-state index < -0.39 is 0 Å². The zero-order valence-electron chi connectivity index (χ0n) is 15.5. The fourth-order valence-electron chi connectivity index (χ4n) is 2.64. The summed E-state index contributed by atoms with van der Waals surface area (Å²) >= 11 is 5.39. The first-order valence-electron chi connectivity index (χ1n) is 8.43. The van der Waals surface area contributed by atoms with Crippen LogP contribution in [0.2, 0.25) is 0 Å². The molecule has 2 aromatic carbocycles. The summed E-state index contributed by atoms with van der Waals surface area (Å²) in [4.78, 5) is 0. The van der Waals surface area contributed by atoms with E-state index in [1.54, 1.807) is 43.3 Å². The molecule has 0 aliphatic rings. The Morgan fingerprint density at radius 1 is 1.18 bits per heavy atom. The molecule has 0 unspecified atom stereocenters. The van der Waals surface area contributed by atoms with E-state index in [0.717, 1.165) is 11.3 Å². The molecule has 3 rings (SSSR count).